The Hall–Kier alpha value is -3.95. The highest BCUT2D eigenvalue weighted by molar-refractivity contribution is 6.28. The van der Waals surface area contributed by atoms with Crippen LogP contribution in [0.1, 0.15) is 42.4 Å². The van der Waals surface area contributed by atoms with Crippen LogP contribution in [0.4, 0.5) is 0 Å². The lowest BCUT2D eigenvalue weighted by molar-refractivity contribution is -0.136. The first kappa shape index (κ1) is 28.2. The highest BCUT2D eigenvalue weighted by Gasteiger charge is 2.55. The van der Waals surface area contributed by atoms with Gasteiger partial charge in [-0.25, -0.2) is 0 Å². The third-order valence-electron chi connectivity index (χ3n) is 9.57. The van der Waals surface area contributed by atoms with E-state index in [2.05, 4.69) is 29.2 Å². The van der Waals surface area contributed by atoms with Gasteiger partial charge in [-0.3, -0.25) is 24.2 Å². The number of hydrogen-bond acceptors (Lipinski definition) is 8. The predicted octanol–water partition coefficient (Wildman–Crippen LogP) is 3.50. The zero-order valence-corrected chi connectivity index (χ0v) is 24.0. The molecule has 0 bridgehead atoms. The maximum absolute atomic E-state index is 13.9. The SMILES string of the molecule is CN(C)[C@@H]1C(O)=C(C(N)=O)C(=O)C2C(=O)C3=C(O)c4c(O)ccc(-c5ccc(CN6CCCCC6)cc5)c4CC3CC21. The number of aliphatic hydroxyl groups is 2. The number of benzene rings is 2. The number of primary amides is 1. The fourth-order valence-corrected chi connectivity index (χ4v) is 7.70. The summed E-state index contributed by atoms with van der Waals surface area (Å²) in [6.45, 7) is 3.12. The van der Waals surface area contributed by atoms with Gasteiger partial charge in [0.1, 0.15) is 22.8 Å². The number of likely N-dealkylation sites (N-methyl/N-ethyl adjacent to an activating group) is 1. The van der Waals surface area contributed by atoms with E-state index in [1.165, 1.54) is 30.9 Å². The number of carbonyl (C=O) groups excluding carboxylic acids is 3. The van der Waals surface area contributed by atoms with Crippen LogP contribution in [-0.2, 0) is 27.3 Å². The molecule has 220 valence electrons. The zero-order valence-electron chi connectivity index (χ0n) is 24.0. The number of Topliss-reactive ketones (excluding diaryl/α,β-unsaturated/α-hetero) is 2. The van der Waals surface area contributed by atoms with Gasteiger partial charge in [-0.05, 0) is 93.0 Å². The standard InChI is InChI=1S/C33H37N3O6/c1-35(2)28-22-15-19-14-21-20(18-8-6-17(7-9-18)16-36-12-4-3-5-13-36)10-11-23(37)25(21)29(38)24(19)30(39)26(22)31(40)27(32(28)41)33(34)42/h6-11,19,22,26,28,37-38,41H,3-5,12-16H2,1-2H3,(H2,34,42)/t19?,22?,26?,28-/m0/s1. The van der Waals surface area contributed by atoms with Gasteiger partial charge in [0.15, 0.2) is 11.6 Å². The fraction of sp³-hybridized carbons (Fsp3) is 0.424. The van der Waals surface area contributed by atoms with Gasteiger partial charge in [0.2, 0.25) is 0 Å². The summed E-state index contributed by atoms with van der Waals surface area (Å²) in [5.41, 5.74) is 8.92. The molecule has 1 saturated carbocycles. The van der Waals surface area contributed by atoms with Crippen LogP contribution < -0.4 is 5.73 Å². The Balaban J connectivity index is 1.38. The van der Waals surface area contributed by atoms with E-state index < -0.39 is 52.6 Å². The van der Waals surface area contributed by atoms with Crippen LogP contribution in [0.25, 0.3) is 16.9 Å². The van der Waals surface area contributed by atoms with E-state index in [0.717, 1.165) is 36.3 Å². The number of nitrogens with two attached hydrogens (primary N) is 1. The second kappa shape index (κ2) is 10.7. The van der Waals surface area contributed by atoms with Crippen molar-refractivity contribution >= 4 is 23.2 Å². The number of allylic oxidation sites excluding steroid dienone is 1. The van der Waals surface area contributed by atoms with Gasteiger partial charge in [0.05, 0.1) is 17.5 Å². The van der Waals surface area contributed by atoms with Gasteiger partial charge in [-0.1, -0.05) is 36.8 Å². The summed E-state index contributed by atoms with van der Waals surface area (Å²) < 4.78 is 0. The Morgan fingerprint density at radius 1 is 0.976 bits per heavy atom. The molecule has 2 aromatic carbocycles. The number of piperidine rings is 1. The Morgan fingerprint density at radius 3 is 2.31 bits per heavy atom. The highest BCUT2D eigenvalue weighted by atomic mass is 16.3. The predicted molar refractivity (Wildman–Crippen MR) is 157 cm³/mol. The number of likely N-dealkylation sites (tertiary alicyclic amines) is 1. The maximum atomic E-state index is 13.9. The Kier molecular flexibility index (Phi) is 7.19. The Bertz CT molecular complexity index is 1530. The van der Waals surface area contributed by atoms with Crippen LogP contribution in [0.3, 0.4) is 0 Å². The topological polar surface area (TPSA) is 144 Å². The number of aromatic hydroxyl groups is 1. The first-order valence-electron chi connectivity index (χ1n) is 14.7. The van der Waals surface area contributed by atoms with Crippen molar-refractivity contribution in [1.29, 1.82) is 0 Å². The normalized spacial score (nSPS) is 26.3. The molecule has 4 atom stereocenters. The molecule has 6 rings (SSSR count). The second-order valence-corrected chi connectivity index (χ2v) is 12.3. The molecule has 3 unspecified atom stereocenters. The number of phenols is 1. The summed E-state index contributed by atoms with van der Waals surface area (Å²) in [6, 6.07) is 10.9. The fourth-order valence-electron chi connectivity index (χ4n) is 7.70. The van der Waals surface area contributed by atoms with Gasteiger partial charge in [0.25, 0.3) is 5.91 Å². The third-order valence-corrected chi connectivity index (χ3v) is 9.57. The molecular weight excluding hydrogens is 534 g/mol. The number of ketones is 2. The molecule has 5 N–H and O–H groups in total. The Labute approximate surface area is 244 Å². The molecule has 0 radical (unpaired) electrons. The average molecular weight is 572 g/mol. The third kappa shape index (κ3) is 4.51. The molecule has 9 heteroatoms. The van der Waals surface area contributed by atoms with Gasteiger partial charge in [-0.15, -0.1) is 0 Å². The van der Waals surface area contributed by atoms with Crippen LogP contribution in [0.15, 0.2) is 53.3 Å². The maximum Gasteiger partial charge on any atom is 0.255 e. The van der Waals surface area contributed by atoms with E-state index in [1.807, 2.05) is 6.07 Å². The quantitative estimate of drug-likeness (QED) is 0.315. The minimum Gasteiger partial charge on any atom is -0.510 e. The minimum atomic E-state index is -1.26. The number of amides is 1. The molecular formula is C33H37N3O6. The van der Waals surface area contributed by atoms with Crippen LogP contribution in [0, 0.1) is 17.8 Å². The van der Waals surface area contributed by atoms with Crippen LogP contribution in [-0.4, -0.2) is 75.8 Å². The van der Waals surface area contributed by atoms with E-state index in [1.54, 1.807) is 19.0 Å². The summed E-state index contributed by atoms with van der Waals surface area (Å²) in [6.07, 6.45) is 4.44. The van der Waals surface area contributed by atoms with Crippen molar-refractivity contribution in [2.75, 3.05) is 27.2 Å². The molecule has 2 fully saturated rings. The van der Waals surface area contributed by atoms with Crippen molar-refractivity contribution in [2.24, 2.45) is 23.5 Å². The molecule has 1 heterocycles. The molecule has 1 aliphatic heterocycles. The highest BCUT2D eigenvalue weighted by Crippen LogP contribution is 2.51. The van der Waals surface area contributed by atoms with Crippen LogP contribution >= 0.6 is 0 Å². The summed E-state index contributed by atoms with van der Waals surface area (Å²) in [4.78, 5) is 43.6. The number of fused-ring (bicyclic) bond motifs is 3. The number of carbonyl (C=O) groups is 3. The molecule has 1 saturated heterocycles. The lowest BCUT2D eigenvalue weighted by atomic mass is 9.59. The monoisotopic (exact) mass is 571 g/mol. The summed E-state index contributed by atoms with van der Waals surface area (Å²) in [7, 11) is 3.42. The van der Waals surface area contributed by atoms with Crippen molar-refractivity contribution in [3.63, 3.8) is 0 Å². The average Bonchev–Trinajstić information content (AvgIpc) is 2.93. The smallest absolute Gasteiger partial charge is 0.255 e. The van der Waals surface area contributed by atoms with E-state index >= 15 is 0 Å². The van der Waals surface area contributed by atoms with Gasteiger partial charge in [0, 0.05) is 12.1 Å². The van der Waals surface area contributed by atoms with Crippen LogP contribution in [0.5, 0.6) is 5.75 Å². The van der Waals surface area contributed by atoms with Gasteiger partial charge >= 0.3 is 0 Å². The second-order valence-electron chi connectivity index (χ2n) is 12.3. The van der Waals surface area contributed by atoms with Crippen molar-refractivity contribution in [3.8, 4) is 16.9 Å². The summed E-state index contributed by atoms with van der Waals surface area (Å²) in [5, 5.41) is 33.3. The summed E-state index contributed by atoms with van der Waals surface area (Å²) in [5.74, 6) is -5.70. The molecule has 0 spiro atoms. The minimum absolute atomic E-state index is 0.0872. The zero-order chi connectivity index (χ0) is 29.9. The van der Waals surface area contributed by atoms with Gasteiger partial charge in [-0.2, -0.15) is 0 Å². The number of rotatable bonds is 5. The molecule has 1 amide bonds. The van der Waals surface area contributed by atoms with Gasteiger partial charge < -0.3 is 21.1 Å². The molecule has 42 heavy (non-hydrogen) atoms. The van der Waals surface area contributed by atoms with Crippen molar-refractivity contribution in [1.82, 2.24) is 9.80 Å². The number of aliphatic hydroxyl groups excluding tert-OH is 2. The first-order valence-corrected chi connectivity index (χ1v) is 14.7. The number of phenolic OH excluding ortho intramolecular Hbond substituents is 1. The first-order chi connectivity index (χ1) is 20.1. The van der Waals surface area contributed by atoms with E-state index in [9.17, 15) is 29.7 Å². The molecule has 4 aliphatic rings. The largest absolute Gasteiger partial charge is 0.510 e. The number of nitrogens with zero attached hydrogens (tertiary/aromatic N) is 2. The van der Waals surface area contributed by atoms with Crippen LogP contribution in [0.2, 0.25) is 0 Å². The van der Waals surface area contributed by atoms with E-state index in [-0.39, 0.29) is 22.6 Å². The van der Waals surface area contributed by atoms with Crippen molar-refractivity contribution in [2.45, 2.75) is 44.7 Å². The lowest BCUT2D eigenvalue weighted by Gasteiger charge is -2.46. The molecule has 9 nitrogen and oxygen atoms in total. The lowest BCUT2D eigenvalue weighted by Crippen LogP contribution is -2.55. The number of hydrogen-bond donors (Lipinski definition) is 4. The van der Waals surface area contributed by atoms with E-state index in [0.29, 0.717) is 12.8 Å². The molecule has 2 aromatic rings. The Morgan fingerprint density at radius 2 is 1.67 bits per heavy atom. The van der Waals surface area contributed by atoms with E-state index in [4.69, 9.17) is 5.73 Å². The van der Waals surface area contributed by atoms with Crippen molar-refractivity contribution < 1.29 is 29.7 Å². The molecule has 3 aliphatic carbocycles. The molecule has 0 aromatic heterocycles. The van der Waals surface area contributed by atoms with Crippen molar-refractivity contribution in [3.05, 3.63) is 70.0 Å². The summed E-state index contributed by atoms with van der Waals surface area (Å²) >= 11 is 0.